The highest BCUT2D eigenvalue weighted by Gasteiger charge is 2.11. The molecule has 4 nitrogen and oxygen atoms in total. The van der Waals surface area contributed by atoms with Crippen molar-refractivity contribution in [3.8, 4) is 5.75 Å². The Bertz CT molecular complexity index is 915. The normalized spacial score (nSPS) is 14.4. The summed E-state index contributed by atoms with van der Waals surface area (Å²) in [6, 6.07) is 16.9. The van der Waals surface area contributed by atoms with Gasteiger partial charge in [0.05, 0.1) is 12.1 Å². The van der Waals surface area contributed by atoms with Gasteiger partial charge in [0.1, 0.15) is 5.75 Å². The fourth-order valence-corrected chi connectivity index (χ4v) is 3.76. The molecule has 0 saturated carbocycles. The Morgan fingerprint density at radius 2 is 1.78 bits per heavy atom. The lowest BCUT2D eigenvalue weighted by molar-refractivity contribution is 0.340. The van der Waals surface area contributed by atoms with Crippen molar-refractivity contribution in [1.82, 2.24) is 4.98 Å². The Kier molecular flexibility index (Phi) is 5.14. The Balaban J connectivity index is 1.61. The lowest BCUT2D eigenvalue weighted by atomic mass is 10.1. The summed E-state index contributed by atoms with van der Waals surface area (Å²) in [5.74, 6) is 0.874. The van der Waals surface area contributed by atoms with Crippen LogP contribution in [-0.2, 0) is 0 Å². The van der Waals surface area contributed by atoms with Crippen molar-refractivity contribution in [1.29, 1.82) is 0 Å². The molecule has 1 aliphatic rings. The average Bonchev–Trinajstić information content (AvgIpc) is 2.70. The summed E-state index contributed by atoms with van der Waals surface area (Å²) in [5, 5.41) is 4.65. The lowest BCUT2D eigenvalue weighted by Crippen LogP contribution is -2.29. The molecule has 3 aromatic rings. The van der Waals surface area contributed by atoms with Gasteiger partial charge in [0.2, 0.25) is 0 Å². The lowest BCUT2D eigenvalue weighted by Gasteiger charge is -2.28. The van der Waals surface area contributed by atoms with Gasteiger partial charge < -0.3 is 15.0 Å². The summed E-state index contributed by atoms with van der Waals surface area (Å²) in [6.45, 7) is 7.02. The highest BCUT2D eigenvalue weighted by atomic mass is 16.5. The first-order chi connectivity index (χ1) is 13.2. The van der Waals surface area contributed by atoms with E-state index >= 15 is 0 Å². The van der Waals surface area contributed by atoms with Gasteiger partial charge in [-0.1, -0.05) is 0 Å². The SMILES string of the molecule is CCOc1ccc2nc(C)cc(Nc3ccc(N4CCCCC4)cc3)c2c1. The molecule has 1 fully saturated rings. The number of ether oxygens (including phenoxy) is 1. The van der Waals surface area contributed by atoms with Crippen molar-refractivity contribution in [2.45, 2.75) is 33.1 Å². The van der Waals surface area contributed by atoms with Crippen LogP contribution in [-0.4, -0.2) is 24.7 Å². The van der Waals surface area contributed by atoms with E-state index in [0.29, 0.717) is 6.61 Å². The maximum Gasteiger partial charge on any atom is 0.120 e. The average molecular weight is 361 g/mol. The van der Waals surface area contributed by atoms with Crippen molar-refractivity contribution < 1.29 is 4.74 Å². The molecule has 4 rings (SSSR count). The van der Waals surface area contributed by atoms with Crippen molar-refractivity contribution in [2.75, 3.05) is 29.9 Å². The Hall–Kier alpha value is -2.75. The zero-order valence-electron chi connectivity index (χ0n) is 16.2. The van der Waals surface area contributed by atoms with Crippen LogP contribution in [0.4, 0.5) is 17.1 Å². The molecular formula is C23H27N3O. The quantitative estimate of drug-likeness (QED) is 0.635. The van der Waals surface area contributed by atoms with Crippen LogP contribution in [0.5, 0.6) is 5.75 Å². The van der Waals surface area contributed by atoms with Gasteiger partial charge in [0.25, 0.3) is 0 Å². The van der Waals surface area contributed by atoms with Crippen molar-refractivity contribution >= 4 is 28.0 Å². The smallest absolute Gasteiger partial charge is 0.120 e. The van der Waals surface area contributed by atoms with Crippen LogP contribution >= 0.6 is 0 Å². The number of hydrogen-bond acceptors (Lipinski definition) is 4. The second-order valence-electron chi connectivity index (χ2n) is 7.14. The first-order valence-corrected chi connectivity index (χ1v) is 9.89. The number of rotatable bonds is 5. The highest BCUT2D eigenvalue weighted by molar-refractivity contribution is 5.94. The fraction of sp³-hybridized carbons (Fsp3) is 0.348. The third-order valence-corrected chi connectivity index (χ3v) is 5.09. The molecule has 1 aliphatic heterocycles. The molecule has 0 aliphatic carbocycles. The zero-order valence-corrected chi connectivity index (χ0v) is 16.2. The minimum Gasteiger partial charge on any atom is -0.494 e. The molecule has 1 aromatic heterocycles. The summed E-state index contributed by atoms with van der Waals surface area (Å²) in [5.41, 5.74) is 5.44. The van der Waals surface area contributed by atoms with Crippen LogP contribution in [0.2, 0.25) is 0 Å². The van der Waals surface area contributed by atoms with Crippen LogP contribution in [0.15, 0.2) is 48.5 Å². The molecule has 0 atom stereocenters. The van der Waals surface area contributed by atoms with Crippen molar-refractivity contribution in [3.05, 3.63) is 54.2 Å². The standard InChI is InChI=1S/C23H27N3O/c1-3-27-20-11-12-22-21(16-20)23(15-17(2)24-22)25-18-7-9-19(10-8-18)26-13-5-4-6-14-26/h7-12,15-16H,3-6,13-14H2,1-2H3,(H,24,25). The van der Waals surface area contributed by atoms with Gasteiger partial charge >= 0.3 is 0 Å². The van der Waals surface area contributed by atoms with E-state index in [1.807, 2.05) is 26.0 Å². The number of benzene rings is 2. The maximum atomic E-state index is 5.67. The molecule has 2 heterocycles. The van der Waals surface area contributed by atoms with E-state index in [2.05, 4.69) is 51.6 Å². The molecule has 0 unspecified atom stereocenters. The first-order valence-electron chi connectivity index (χ1n) is 9.89. The van der Waals surface area contributed by atoms with Gasteiger partial charge in [-0.05, 0) is 81.6 Å². The number of aryl methyl sites for hydroxylation is 1. The van der Waals surface area contributed by atoms with Gasteiger partial charge in [-0.15, -0.1) is 0 Å². The number of fused-ring (bicyclic) bond motifs is 1. The molecule has 140 valence electrons. The minimum atomic E-state index is 0.658. The van der Waals surface area contributed by atoms with Crippen LogP contribution < -0.4 is 15.0 Å². The van der Waals surface area contributed by atoms with Crippen LogP contribution in [0.25, 0.3) is 10.9 Å². The fourth-order valence-electron chi connectivity index (χ4n) is 3.76. The molecular weight excluding hydrogens is 334 g/mol. The Morgan fingerprint density at radius 3 is 2.52 bits per heavy atom. The predicted molar refractivity (Wildman–Crippen MR) is 113 cm³/mol. The molecule has 0 bridgehead atoms. The summed E-state index contributed by atoms with van der Waals surface area (Å²) in [4.78, 5) is 7.13. The molecule has 4 heteroatoms. The van der Waals surface area contributed by atoms with Crippen LogP contribution in [0, 0.1) is 6.92 Å². The number of nitrogens with zero attached hydrogens (tertiary/aromatic N) is 2. The molecule has 27 heavy (non-hydrogen) atoms. The van der Waals surface area contributed by atoms with Gasteiger partial charge in [0.15, 0.2) is 0 Å². The number of anilines is 3. The second kappa shape index (κ2) is 7.87. The number of nitrogens with one attached hydrogen (secondary N) is 1. The molecule has 2 aromatic carbocycles. The third-order valence-electron chi connectivity index (χ3n) is 5.09. The maximum absolute atomic E-state index is 5.67. The number of aromatic nitrogens is 1. The second-order valence-corrected chi connectivity index (χ2v) is 7.14. The minimum absolute atomic E-state index is 0.658. The zero-order chi connectivity index (χ0) is 18.6. The predicted octanol–water partition coefficient (Wildman–Crippen LogP) is 5.68. The van der Waals surface area contributed by atoms with Crippen molar-refractivity contribution in [2.24, 2.45) is 0 Å². The highest BCUT2D eigenvalue weighted by Crippen LogP contribution is 2.30. The van der Waals surface area contributed by atoms with E-state index in [-0.39, 0.29) is 0 Å². The van der Waals surface area contributed by atoms with E-state index in [9.17, 15) is 0 Å². The summed E-state index contributed by atoms with van der Waals surface area (Å²) < 4.78 is 5.67. The Labute approximate surface area is 161 Å². The number of piperidine rings is 1. The summed E-state index contributed by atoms with van der Waals surface area (Å²) >= 11 is 0. The van der Waals surface area contributed by atoms with Crippen LogP contribution in [0.1, 0.15) is 31.9 Å². The van der Waals surface area contributed by atoms with Crippen LogP contribution in [0.3, 0.4) is 0 Å². The summed E-state index contributed by atoms with van der Waals surface area (Å²) in [6.07, 6.45) is 3.95. The number of hydrogen-bond donors (Lipinski definition) is 1. The molecule has 1 N–H and O–H groups in total. The van der Waals surface area contributed by atoms with E-state index in [1.54, 1.807) is 0 Å². The van der Waals surface area contributed by atoms with E-state index < -0.39 is 0 Å². The van der Waals surface area contributed by atoms with Gasteiger partial charge in [0, 0.05) is 41.2 Å². The van der Waals surface area contributed by atoms with Gasteiger partial charge in [-0.25, -0.2) is 0 Å². The molecule has 1 saturated heterocycles. The largest absolute Gasteiger partial charge is 0.494 e. The van der Waals surface area contributed by atoms with Crippen molar-refractivity contribution in [3.63, 3.8) is 0 Å². The number of pyridine rings is 1. The molecule has 0 radical (unpaired) electrons. The topological polar surface area (TPSA) is 37.4 Å². The summed E-state index contributed by atoms with van der Waals surface area (Å²) in [7, 11) is 0. The van der Waals surface area contributed by atoms with E-state index in [1.165, 1.54) is 38.0 Å². The monoisotopic (exact) mass is 361 g/mol. The Morgan fingerprint density at radius 1 is 1.00 bits per heavy atom. The first kappa shape index (κ1) is 17.7. The van der Waals surface area contributed by atoms with Gasteiger partial charge in [-0.3, -0.25) is 4.98 Å². The molecule has 0 spiro atoms. The van der Waals surface area contributed by atoms with Gasteiger partial charge in [-0.2, -0.15) is 0 Å². The van der Waals surface area contributed by atoms with E-state index in [0.717, 1.165) is 33.7 Å². The molecule has 0 amide bonds. The third kappa shape index (κ3) is 4.00. The van der Waals surface area contributed by atoms with E-state index in [4.69, 9.17) is 4.74 Å².